The molecular weight excluding hydrogens is 300 g/mol. The first-order valence-corrected chi connectivity index (χ1v) is 11.6. The van der Waals surface area contributed by atoms with E-state index in [0.717, 1.165) is 19.3 Å². The van der Waals surface area contributed by atoms with Crippen molar-refractivity contribution in [3.63, 3.8) is 0 Å². The van der Waals surface area contributed by atoms with Crippen LogP contribution < -0.4 is 0 Å². The minimum absolute atomic E-state index is 0.202. The number of aliphatic hydroxyl groups excluding tert-OH is 1. The smallest absolute Gasteiger partial charge is 0.192 e. The third kappa shape index (κ3) is 7.47. The second-order valence-corrected chi connectivity index (χ2v) is 12.7. The van der Waals surface area contributed by atoms with E-state index in [4.69, 9.17) is 4.43 Å². The van der Waals surface area contributed by atoms with E-state index in [1.54, 1.807) is 0 Å². The lowest BCUT2D eigenvalue weighted by atomic mass is 10.1. The van der Waals surface area contributed by atoms with Crippen LogP contribution >= 0.6 is 0 Å². The summed E-state index contributed by atoms with van der Waals surface area (Å²) in [7, 11) is -1.70. The molecule has 0 aromatic heterocycles. The number of rotatable bonds is 8. The number of aliphatic hydroxyl groups is 1. The molecule has 2 atom stereocenters. The topological polar surface area (TPSA) is 29.5 Å². The molecule has 0 heterocycles. The van der Waals surface area contributed by atoms with Crippen LogP contribution in [0.25, 0.3) is 0 Å². The summed E-state index contributed by atoms with van der Waals surface area (Å²) in [4.78, 5) is 0. The van der Waals surface area contributed by atoms with Crippen molar-refractivity contribution in [1.82, 2.24) is 0 Å². The number of hydrogen-bond acceptors (Lipinski definition) is 2. The van der Waals surface area contributed by atoms with Crippen LogP contribution in [0.2, 0.25) is 18.1 Å². The highest BCUT2D eigenvalue weighted by Gasteiger charge is 2.38. The van der Waals surface area contributed by atoms with Gasteiger partial charge < -0.3 is 9.53 Å². The molecule has 0 spiro atoms. The molecule has 2 nitrogen and oxygen atoms in total. The first-order chi connectivity index (χ1) is 10.6. The summed E-state index contributed by atoms with van der Waals surface area (Å²) in [6.07, 6.45) is 6.32. The maximum Gasteiger partial charge on any atom is 0.192 e. The predicted octanol–water partition coefficient (Wildman–Crippen LogP) is 5.34. The fourth-order valence-corrected chi connectivity index (χ4v) is 3.67. The molecule has 130 valence electrons. The van der Waals surface area contributed by atoms with Crippen LogP contribution in [-0.2, 0) is 10.8 Å². The monoisotopic (exact) mass is 334 g/mol. The standard InChI is InChI=1S/C20H34O2Si/c1-17(22-23(5,6)20(2,3)4)11-10-14-19(21)16-15-18-12-8-7-9-13-18/h7-10,12-14,17,19,21H,11,15-16H2,1-6H3/b14-10+/t17-,19-/m0/s1. The van der Waals surface area contributed by atoms with Gasteiger partial charge in [-0.2, -0.15) is 0 Å². The molecule has 0 bridgehead atoms. The maximum absolute atomic E-state index is 10.1. The molecule has 23 heavy (non-hydrogen) atoms. The van der Waals surface area contributed by atoms with Crippen LogP contribution in [0.15, 0.2) is 42.5 Å². The van der Waals surface area contributed by atoms with E-state index in [2.05, 4.69) is 59.0 Å². The first kappa shape index (κ1) is 20.1. The summed E-state index contributed by atoms with van der Waals surface area (Å²) in [5, 5.41) is 10.3. The van der Waals surface area contributed by atoms with E-state index in [9.17, 15) is 5.11 Å². The highest BCUT2D eigenvalue weighted by atomic mass is 28.4. The van der Waals surface area contributed by atoms with Crippen LogP contribution in [0.1, 0.15) is 46.1 Å². The van der Waals surface area contributed by atoms with Crippen molar-refractivity contribution in [2.75, 3.05) is 0 Å². The van der Waals surface area contributed by atoms with Crippen molar-refractivity contribution < 1.29 is 9.53 Å². The van der Waals surface area contributed by atoms with Gasteiger partial charge >= 0.3 is 0 Å². The van der Waals surface area contributed by atoms with E-state index < -0.39 is 8.32 Å². The summed E-state index contributed by atoms with van der Waals surface area (Å²) >= 11 is 0. The highest BCUT2D eigenvalue weighted by Crippen LogP contribution is 2.37. The minimum atomic E-state index is -1.70. The molecule has 1 N–H and O–H groups in total. The van der Waals surface area contributed by atoms with E-state index in [0.29, 0.717) is 0 Å². The number of benzene rings is 1. The van der Waals surface area contributed by atoms with Gasteiger partial charge in [-0.05, 0) is 49.9 Å². The Kier molecular flexibility index (Phi) is 7.72. The van der Waals surface area contributed by atoms with Gasteiger partial charge in [-0.25, -0.2) is 0 Å². The molecule has 0 saturated heterocycles. The molecule has 1 aromatic rings. The Hall–Kier alpha value is -0.903. The highest BCUT2D eigenvalue weighted by molar-refractivity contribution is 6.74. The Morgan fingerprint density at radius 2 is 1.78 bits per heavy atom. The molecule has 1 aromatic carbocycles. The van der Waals surface area contributed by atoms with Gasteiger partial charge in [-0.15, -0.1) is 0 Å². The molecular formula is C20H34O2Si. The second kappa shape index (κ2) is 8.81. The van der Waals surface area contributed by atoms with Gasteiger partial charge in [-0.1, -0.05) is 63.3 Å². The lowest BCUT2D eigenvalue weighted by molar-refractivity contribution is 0.198. The van der Waals surface area contributed by atoms with Crippen LogP contribution in [0.5, 0.6) is 0 Å². The zero-order chi connectivity index (χ0) is 17.5. The zero-order valence-corrected chi connectivity index (χ0v) is 16.7. The molecule has 0 saturated carbocycles. The normalized spacial score (nSPS) is 15.8. The average molecular weight is 335 g/mol. The second-order valence-electron chi connectivity index (χ2n) is 7.94. The van der Waals surface area contributed by atoms with Gasteiger partial charge in [0.25, 0.3) is 0 Å². The molecule has 0 aliphatic rings. The van der Waals surface area contributed by atoms with E-state index in [1.165, 1.54) is 5.56 Å². The minimum Gasteiger partial charge on any atom is -0.414 e. The van der Waals surface area contributed by atoms with Crippen molar-refractivity contribution >= 4 is 8.32 Å². The van der Waals surface area contributed by atoms with E-state index in [1.807, 2.05) is 24.3 Å². The Morgan fingerprint density at radius 1 is 1.17 bits per heavy atom. The van der Waals surface area contributed by atoms with Crippen molar-refractivity contribution in [2.24, 2.45) is 0 Å². The Morgan fingerprint density at radius 3 is 2.35 bits per heavy atom. The molecule has 0 aliphatic heterocycles. The fourth-order valence-electron chi connectivity index (χ4n) is 2.21. The fraction of sp³-hybridized carbons (Fsp3) is 0.600. The van der Waals surface area contributed by atoms with Crippen molar-refractivity contribution in [3.8, 4) is 0 Å². The molecule has 1 rings (SSSR count). The Bertz CT molecular complexity index is 474. The molecule has 0 fully saturated rings. The first-order valence-electron chi connectivity index (χ1n) is 8.68. The van der Waals surface area contributed by atoms with Crippen LogP contribution in [0, 0.1) is 0 Å². The lowest BCUT2D eigenvalue weighted by Crippen LogP contribution is -2.43. The van der Waals surface area contributed by atoms with Crippen molar-refractivity contribution in [1.29, 1.82) is 0 Å². The average Bonchev–Trinajstić information content (AvgIpc) is 2.44. The molecule has 0 unspecified atom stereocenters. The SMILES string of the molecule is C[C@@H](C/C=C/[C@H](O)CCc1ccccc1)O[Si](C)(C)C(C)(C)C. The summed E-state index contributed by atoms with van der Waals surface area (Å²) in [5.41, 5.74) is 1.27. The molecule has 0 amide bonds. The number of hydrogen-bond donors (Lipinski definition) is 1. The lowest BCUT2D eigenvalue weighted by Gasteiger charge is -2.38. The summed E-state index contributed by atoms with van der Waals surface area (Å²) in [6, 6.07) is 10.3. The van der Waals surface area contributed by atoms with Crippen LogP contribution in [0.4, 0.5) is 0 Å². The van der Waals surface area contributed by atoms with Gasteiger partial charge in [0, 0.05) is 6.10 Å². The molecule has 0 aliphatic carbocycles. The van der Waals surface area contributed by atoms with Gasteiger partial charge in [0.2, 0.25) is 0 Å². The van der Waals surface area contributed by atoms with Gasteiger partial charge in [0.15, 0.2) is 8.32 Å². The third-order valence-electron chi connectivity index (χ3n) is 4.70. The van der Waals surface area contributed by atoms with Gasteiger partial charge in [-0.3, -0.25) is 0 Å². The zero-order valence-electron chi connectivity index (χ0n) is 15.7. The Balaban J connectivity index is 2.34. The number of aryl methyl sites for hydroxylation is 1. The summed E-state index contributed by atoms with van der Waals surface area (Å²) < 4.78 is 6.32. The van der Waals surface area contributed by atoms with E-state index >= 15 is 0 Å². The third-order valence-corrected chi connectivity index (χ3v) is 9.30. The maximum atomic E-state index is 10.1. The van der Waals surface area contributed by atoms with Gasteiger partial charge in [0.1, 0.15) is 0 Å². The van der Waals surface area contributed by atoms with Crippen LogP contribution in [-0.4, -0.2) is 25.6 Å². The molecule has 0 radical (unpaired) electrons. The summed E-state index contributed by atoms with van der Waals surface area (Å²) in [5.74, 6) is 0. The van der Waals surface area contributed by atoms with Crippen molar-refractivity contribution in [2.45, 2.75) is 77.3 Å². The quantitative estimate of drug-likeness (QED) is 0.514. The van der Waals surface area contributed by atoms with Gasteiger partial charge in [0.05, 0.1) is 6.10 Å². The molecule has 3 heteroatoms. The van der Waals surface area contributed by atoms with E-state index in [-0.39, 0.29) is 17.2 Å². The van der Waals surface area contributed by atoms with Crippen LogP contribution in [0.3, 0.4) is 0 Å². The van der Waals surface area contributed by atoms with Crippen molar-refractivity contribution in [3.05, 3.63) is 48.0 Å². The Labute approximate surface area is 143 Å². The predicted molar refractivity (Wildman–Crippen MR) is 102 cm³/mol. The largest absolute Gasteiger partial charge is 0.414 e. The summed E-state index contributed by atoms with van der Waals surface area (Å²) in [6.45, 7) is 13.5.